The summed E-state index contributed by atoms with van der Waals surface area (Å²) in [6.07, 6.45) is 7.84. The van der Waals surface area contributed by atoms with E-state index in [0.29, 0.717) is 0 Å². The summed E-state index contributed by atoms with van der Waals surface area (Å²) in [6, 6.07) is 10.5. The summed E-state index contributed by atoms with van der Waals surface area (Å²) in [5.41, 5.74) is 3.38. The van der Waals surface area contributed by atoms with Crippen molar-refractivity contribution >= 4 is 21.8 Å². The van der Waals surface area contributed by atoms with Gasteiger partial charge in [-0.25, -0.2) is 4.98 Å². The number of aromatic nitrogens is 3. The molecule has 86 valence electrons. The second kappa shape index (κ2) is 3.47. The van der Waals surface area contributed by atoms with Crippen LogP contribution in [0.4, 0.5) is 0 Å². The number of hydrogen-bond donors (Lipinski definition) is 2. The lowest BCUT2D eigenvalue weighted by molar-refractivity contribution is 1.33. The van der Waals surface area contributed by atoms with E-state index in [4.69, 9.17) is 0 Å². The molecular weight excluding hydrogens is 222 g/mol. The van der Waals surface area contributed by atoms with Gasteiger partial charge in [0.2, 0.25) is 0 Å². The van der Waals surface area contributed by atoms with Crippen LogP contribution in [0, 0.1) is 0 Å². The Balaban J connectivity index is 2.13. The van der Waals surface area contributed by atoms with E-state index in [1.807, 2.05) is 24.8 Å². The van der Waals surface area contributed by atoms with Gasteiger partial charge < -0.3 is 9.97 Å². The van der Waals surface area contributed by atoms with E-state index in [-0.39, 0.29) is 0 Å². The van der Waals surface area contributed by atoms with Crippen molar-refractivity contribution in [1.29, 1.82) is 0 Å². The van der Waals surface area contributed by atoms with E-state index >= 15 is 0 Å². The number of fused-ring (bicyclic) bond motifs is 2. The minimum atomic E-state index is 0.931. The number of nitrogens with one attached hydrogen (secondary N) is 2. The first-order valence-electron chi connectivity index (χ1n) is 5.91. The predicted octanol–water partition coefficient (Wildman–Crippen LogP) is 3.71. The molecule has 18 heavy (non-hydrogen) atoms. The molecule has 3 nitrogen and oxygen atoms in total. The maximum absolute atomic E-state index is 4.33. The highest BCUT2D eigenvalue weighted by atomic mass is 14.8. The largest absolute Gasteiger partial charge is 0.366 e. The second-order valence-corrected chi connectivity index (χ2v) is 4.36. The van der Waals surface area contributed by atoms with E-state index < -0.39 is 0 Å². The zero-order valence-electron chi connectivity index (χ0n) is 9.64. The third-order valence-electron chi connectivity index (χ3n) is 3.36. The Kier molecular flexibility index (Phi) is 1.83. The van der Waals surface area contributed by atoms with Gasteiger partial charge in [-0.3, -0.25) is 0 Å². The Morgan fingerprint density at radius 3 is 2.83 bits per heavy atom. The van der Waals surface area contributed by atoms with Gasteiger partial charge in [-0.05, 0) is 28.6 Å². The summed E-state index contributed by atoms with van der Waals surface area (Å²) in [6.45, 7) is 0. The molecule has 0 radical (unpaired) electrons. The van der Waals surface area contributed by atoms with Crippen LogP contribution in [0.25, 0.3) is 32.9 Å². The van der Waals surface area contributed by atoms with Gasteiger partial charge in [0.1, 0.15) is 5.65 Å². The van der Waals surface area contributed by atoms with Crippen molar-refractivity contribution < 1.29 is 0 Å². The molecule has 0 atom stereocenters. The minimum absolute atomic E-state index is 0.931. The number of benzene rings is 1. The molecule has 0 spiro atoms. The molecule has 0 aliphatic carbocycles. The van der Waals surface area contributed by atoms with E-state index in [2.05, 4.69) is 45.3 Å². The molecule has 1 aromatic carbocycles. The van der Waals surface area contributed by atoms with Gasteiger partial charge >= 0.3 is 0 Å². The second-order valence-electron chi connectivity index (χ2n) is 4.36. The van der Waals surface area contributed by atoms with Crippen LogP contribution >= 0.6 is 0 Å². The highest BCUT2D eigenvalue weighted by Crippen LogP contribution is 2.32. The smallest absolute Gasteiger partial charge is 0.137 e. The van der Waals surface area contributed by atoms with Crippen LogP contribution < -0.4 is 0 Å². The first-order chi connectivity index (χ1) is 8.93. The first-order valence-corrected chi connectivity index (χ1v) is 5.91. The minimum Gasteiger partial charge on any atom is -0.366 e. The average molecular weight is 233 g/mol. The van der Waals surface area contributed by atoms with E-state index in [1.54, 1.807) is 0 Å². The third kappa shape index (κ3) is 1.21. The van der Waals surface area contributed by atoms with Crippen molar-refractivity contribution in [3.05, 3.63) is 55.1 Å². The summed E-state index contributed by atoms with van der Waals surface area (Å²) in [5.74, 6) is 0. The van der Waals surface area contributed by atoms with Crippen LogP contribution in [0.3, 0.4) is 0 Å². The van der Waals surface area contributed by atoms with Crippen LogP contribution in [0.5, 0.6) is 0 Å². The number of nitrogens with zero attached hydrogens (tertiary/aromatic N) is 1. The number of H-pyrrole nitrogens is 2. The fourth-order valence-corrected chi connectivity index (χ4v) is 2.52. The van der Waals surface area contributed by atoms with Crippen LogP contribution in [-0.4, -0.2) is 15.0 Å². The number of aromatic amines is 2. The van der Waals surface area contributed by atoms with Crippen molar-refractivity contribution in [2.24, 2.45) is 0 Å². The lowest BCUT2D eigenvalue weighted by Gasteiger charge is -2.05. The van der Waals surface area contributed by atoms with Crippen LogP contribution in [0.1, 0.15) is 0 Å². The summed E-state index contributed by atoms with van der Waals surface area (Å²) in [4.78, 5) is 10.7. The zero-order chi connectivity index (χ0) is 11.9. The molecule has 0 bridgehead atoms. The van der Waals surface area contributed by atoms with Gasteiger partial charge in [-0.1, -0.05) is 18.2 Å². The highest BCUT2D eigenvalue weighted by Gasteiger charge is 2.08. The average Bonchev–Trinajstić information content (AvgIpc) is 3.06. The normalized spacial score (nSPS) is 11.3. The Morgan fingerprint density at radius 1 is 0.889 bits per heavy atom. The number of rotatable bonds is 1. The zero-order valence-corrected chi connectivity index (χ0v) is 9.64. The molecule has 3 heteroatoms. The Bertz CT molecular complexity index is 767. The fourth-order valence-electron chi connectivity index (χ4n) is 2.52. The predicted molar refractivity (Wildman–Crippen MR) is 73.4 cm³/mol. The van der Waals surface area contributed by atoms with Crippen molar-refractivity contribution in [2.45, 2.75) is 0 Å². The molecule has 0 saturated carbocycles. The van der Waals surface area contributed by atoms with Crippen LogP contribution in [0.15, 0.2) is 55.1 Å². The Morgan fingerprint density at radius 2 is 1.83 bits per heavy atom. The molecule has 0 amide bonds. The SMILES string of the molecule is c1cc(-c2ccnc3[nH]ccc23)c2c[nH]cc2c1. The van der Waals surface area contributed by atoms with Gasteiger partial charge in [0.05, 0.1) is 0 Å². The van der Waals surface area contributed by atoms with Crippen molar-refractivity contribution in [1.82, 2.24) is 15.0 Å². The van der Waals surface area contributed by atoms with Gasteiger partial charge in [-0.15, -0.1) is 0 Å². The quantitative estimate of drug-likeness (QED) is 0.517. The van der Waals surface area contributed by atoms with Crippen molar-refractivity contribution in [3.8, 4) is 11.1 Å². The molecule has 2 N–H and O–H groups in total. The van der Waals surface area contributed by atoms with Gasteiger partial charge in [0, 0.05) is 35.6 Å². The lowest BCUT2D eigenvalue weighted by atomic mass is 10.00. The third-order valence-corrected chi connectivity index (χ3v) is 3.36. The monoisotopic (exact) mass is 233 g/mol. The van der Waals surface area contributed by atoms with Crippen molar-refractivity contribution in [3.63, 3.8) is 0 Å². The van der Waals surface area contributed by atoms with Crippen LogP contribution in [-0.2, 0) is 0 Å². The summed E-state index contributed by atoms with van der Waals surface area (Å²) in [7, 11) is 0. The molecule has 3 heterocycles. The van der Waals surface area contributed by atoms with E-state index in [0.717, 1.165) is 11.0 Å². The molecule has 4 rings (SSSR count). The van der Waals surface area contributed by atoms with E-state index in [1.165, 1.54) is 21.9 Å². The molecular formula is C15H11N3. The van der Waals surface area contributed by atoms with Gasteiger partial charge in [0.15, 0.2) is 0 Å². The summed E-state index contributed by atoms with van der Waals surface area (Å²) < 4.78 is 0. The van der Waals surface area contributed by atoms with Crippen molar-refractivity contribution in [2.75, 3.05) is 0 Å². The number of pyridine rings is 1. The molecule has 3 aromatic heterocycles. The molecule has 0 fully saturated rings. The Hall–Kier alpha value is -2.55. The van der Waals surface area contributed by atoms with Crippen LogP contribution in [0.2, 0.25) is 0 Å². The summed E-state index contributed by atoms with van der Waals surface area (Å²) in [5, 5.41) is 3.63. The molecule has 4 aromatic rings. The molecule has 0 aliphatic heterocycles. The number of hydrogen-bond acceptors (Lipinski definition) is 1. The van der Waals surface area contributed by atoms with Gasteiger partial charge in [-0.2, -0.15) is 0 Å². The molecule has 0 aliphatic rings. The topological polar surface area (TPSA) is 44.5 Å². The molecule has 0 saturated heterocycles. The maximum Gasteiger partial charge on any atom is 0.137 e. The standard InChI is InChI=1S/C15H11N3/c1-2-10-8-16-9-14(10)11(3-1)12-4-6-17-15-13(12)5-7-18-15/h1-9,16H,(H,17,18). The van der Waals surface area contributed by atoms with E-state index in [9.17, 15) is 0 Å². The highest BCUT2D eigenvalue weighted by molar-refractivity contribution is 6.03. The lowest BCUT2D eigenvalue weighted by Crippen LogP contribution is -1.82. The summed E-state index contributed by atoms with van der Waals surface area (Å²) >= 11 is 0. The Labute approximate surface area is 103 Å². The van der Waals surface area contributed by atoms with Gasteiger partial charge in [0.25, 0.3) is 0 Å². The molecule has 0 unspecified atom stereocenters. The fraction of sp³-hybridized carbons (Fsp3) is 0. The maximum atomic E-state index is 4.33. The first kappa shape index (κ1) is 9.48.